The maximum atomic E-state index is 2.57. The molecule has 0 unspecified atom stereocenters. The molecule has 0 aromatic heterocycles. The molecule has 7 aliphatic rings. The molecular weight excluding hydrogens is 829 g/mol. The van der Waals surface area contributed by atoms with Gasteiger partial charge in [-0.25, -0.2) is 0 Å². The van der Waals surface area contributed by atoms with Crippen molar-refractivity contribution in [3.63, 3.8) is 0 Å². The van der Waals surface area contributed by atoms with E-state index in [0.717, 1.165) is 65.6 Å². The summed E-state index contributed by atoms with van der Waals surface area (Å²) in [6.45, 7) is 57.4. The van der Waals surface area contributed by atoms with Gasteiger partial charge < -0.3 is 24.5 Å². The maximum absolute atomic E-state index is 2.57. The van der Waals surface area contributed by atoms with Gasteiger partial charge in [-0.15, -0.1) is 0 Å². The Hall–Kier alpha value is -0.240. The van der Waals surface area contributed by atoms with Crippen LogP contribution in [0.3, 0.4) is 0 Å². The monoisotopic (exact) mass is 959 g/mol. The molecule has 0 atom stereocenters. The highest BCUT2D eigenvalue weighted by atomic mass is 15.3. The first-order valence-electron chi connectivity index (χ1n) is 30.8. The predicted octanol–water partition coefficient (Wildman–Crippen LogP) is 15.7. The van der Waals surface area contributed by atoms with Crippen LogP contribution < -0.4 is 0 Å². The van der Waals surface area contributed by atoms with E-state index in [4.69, 9.17) is 0 Å². The number of piperidine rings is 4. The molecule has 2 saturated carbocycles. The zero-order valence-corrected chi connectivity index (χ0v) is 50.1. The highest BCUT2D eigenvalue weighted by Gasteiger charge is 2.21. The van der Waals surface area contributed by atoms with E-state index in [-0.39, 0.29) is 0 Å². The van der Waals surface area contributed by atoms with Crippen molar-refractivity contribution in [2.75, 3.05) is 91.6 Å². The number of likely N-dealkylation sites (tertiary alicyclic amines) is 4. The molecule has 7 fully saturated rings. The minimum Gasteiger partial charge on any atom is -0.304 e. The normalized spacial score (nSPS) is 23.1. The Morgan fingerprint density at radius 3 is 0.809 bits per heavy atom. The molecule has 7 rings (SSSR count). The quantitative estimate of drug-likeness (QED) is 0.228. The van der Waals surface area contributed by atoms with Gasteiger partial charge in [-0.2, -0.15) is 0 Å². The van der Waals surface area contributed by atoms with Crippen molar-refractivity contribution in [3.8, 4) is 0 Å². The number of hydrogen-bond acceptors (Lipinski definition) is 6. The van der Waals surface area contributed by atoms with Gasteiger partial charge in [0.1, 0.15) is 0 Å². The fourth-order valence-electron chi connectivity index (χ4n) is 11.5. The third kappa shape index (κ3) is 31.4. The van der Waals surface area contributed by atoms with Gasteiger partial charge in [0.15, 0.2) is 0 Å². The molecule has 5 heterocycles. The fourth-order valence-corrected chi connectivity index (χ4v) is 11.5. The topological polar surface area (TPSA) is 19.4 Å². The second-order valence-corrected chi connectivity index (χ2v) is 25.1. The second-order valence-electron chi connectivity index (χ2n) is 25.1. The van der Waals surface area contributed by atoms with Crippen LogP contribution in [-0.4, -0.2) is 145 Å². The largest absolute Gasteiger partial charge is 0.304 e. The van der Waals surface area contributed by atoms with Crippen molar-refractivity contribution in [1.29, 1.82) is 0 Å². The summed E-state index contributed by atoms with van der Waals surface area (Å²) in [6, 6.07) is 3.03. The van der Waals surface area contributed by atoms with Crippen LogP contribution in [0.1, 0.15) is 246 Å². The van der Waals surface area contributed by atoms with Gasteiger partial charge in [0.2, 0.25) is 0 Å². The van der Waals surface area contributed by atoms with Gasteiger partial charge in [0, 0.05) is 50.3 Å². The third-order valence-corrected chi connectivity index (χ3v) is 17.6. The summed E-state index contributed by atoms with van der Waals surface area (Å²) in [6.07, 6.45) is 29.1. The lowest BCUT2D eigenvalue weighted by molar-refractivity contribution is 0.112. The molecule has 0 amide bonds. The maximum Gasteiger partial charge on any atom is 0.0113 e. The molecule has 0 aromatic carbocycles. The van der Waals surface area contributed by atoms with Gasteiger partial charge in [0.05, 0.1) is 0 Å². The van der Waals surface area contributed by atoms with E-state index in [1.165, 1.54) is 220 Å². The van der Waals surface area contributed by atoms with Crippen LogP contribution in [0, 0.1) is 41.4 Å². The Morgan fingerprint density at radius 1 is 0.279 bits per heavy atom. The summed E-state index contributed by atoms with van der Waals surface area (Å²) >= 11 is 0. The fraction of sp³-hybridized carbons (Fsp3) is 1.00. The van der Waals surface area contributed by atoms with E-state index in [9.17, 15) is 0 Å². The summed E-state index contributed by atoms with van der Waals surface area (Å²) in [5.74, 6) is 6.84. The molecule has 2 aliphatic carbocycles. The van der Waals surface area contributed by atoms with E-state index < -0.39 is 0 Å². The summed E-state index contributed by atoms with van der Waals surface area (Å²) < 4.78 is 0. The van der Waals surface area contributed by atoms with Crippen molar-refractivity contribution in [1.82, 2.24) is 29.4 Å². The lowest BCUT2D eigenvalue weighted by atomic mass is 9.82. The van der Waals surface area contributed by atoms with Crippen LogP contribution in [0.2, 0.25) is 0 Å². The molecule has 68 heavy (non-hydrogen) atoms. The molecule has 0 radical (unpaired) electrons. The Morgan fingerprint density at radius 2 is 0.544 bits per heavy atom. The Bertz CT molecular complexity index is 941. The molecule has 0 bridgehead atoms. The zero-order chi connectivity index (χ0) is 50.9. The van der Waals surface area contributed by atoms with Crippen molar-refractivity contribution < 1.29 is 0 Å². The average Bonchev–Trinajstić information content (AvgIpc) is 3.36. The predicted molar refractivity (Wildman–Crippen MR) is 308 cm³/mol. The highest BCUT2D eigenvalue weighted by Crippen LogP contribution is 2.30. The molecule has 6 nitrogen and oxygen atoms in total. The molecule has 0 aromatic rings. The van der Waals surface area contributed by atoms with Crippen LogP contribution in [0.25, 0.3) is 0 Å². The number of piperazine rings is 1. The van der Waals surface area contributed by atoms with Crippen LogP contribution in [-0.2, 0) is 0 Å². The van der Waals surface area contributed by atoms with Crippen molar-refractivity contribution in [3.05, 3.63) is 0 Å². The first kappa shape index (κ1) is 65.8. The van der Waals surface area contributed by atoms with E-state index in [2.05, 4.69) is 147 Å². The molecule has 6 heteroatoms. The molecule has 5 aliphatic heterocycles. The number of rotatable bonds is 9. The van der Waals surface area contributed by atoms with Gasteiger partial charge in [-0.3, -0.25) is 4.90 Å². The zero-order valence-electron chi connectivity index (χ0n) is 50.1. The molecule has 0 N–H and O–H groups in total. The SMILES string of the molecule is CC(C)C1CCCCC1.CC(C)C1CCCCC1.CC(C)N1CCCCC1.CC(C)N1CCCCC1.CC1CCN(C(C)C)CC1.CCN1CCC(C(C)C)CC1.CCN1CCN(C(C)C)CC1. The lowest BCUT2D eigenvalue weighted by Crippen LogP contribution is -2.48. The third-order valence-electron chi connectivity index (χ3n) is 17.6. The molecular formula is C62H130N6. The van der Waals surface area contributed by atoms with E-state index in [1.807, 2.05) is 0 Å². The van der Waals surface area contributed by atoms with Gasteiger partial charge >= 0.3 is 0 Å². The first-order chi connectivity index (χ1) is 32.4. The number of hydrogen-bond donors (Lipinski definition) is 0. The van der Waals surface area contributed by atoms with Crippen LogP contribution >= 0.6 is 0 Å². The summed E-state index contributed by atoms with van der Waals surface area (Å²) in [5, 5.41) is 0. The summed E-state index contributed by atoms with van der Waals surface area (Å²) in [5.41, 5.74) is 0. The first-order valence-corrected chi connectivity index (χ1v) is 30.8. The average molecular weight is 960 g/mol. The van der Waals surface area contributed by atoms with Crippen LogP contribution in [0.5, 0.6) is 0 Å². The van der Waals surface area contributed by atoms with Gasteiger partial charge in [-0.05, 0) is 214 Å². The minimum absolute atomic E-state index is 0.731. The summed E-state index contributed by atoms with van der Waals surface area (Å²) in [4.78, 5) is 15.3. The number of likely N-dealkylation sites (N-methyl/N-ethyl adjacent to an activating group) is 1. The van der Waals surface area contributed by atoms with E-state index in [0.29, 0.717) is 0 Å². The Kier molecular flexibility index (Phi) is 38.9. The molecule has 0 spiro atoms. The van der Waals surface area contributed by atoms with Crippen LogP contribution in [0.4, 0.5) is 0 Å². The Labute approximate surface area is 431 Å². The number of nitrogens with zero attached hydrogens (tertiary/aromatic N) is 6. The van der Waals surface area contributed by atoms with E-state index >= 15 is 0 Å². The second kappa shape index (κ2) is 40.2. The lowest BCUT2D eigenvalue weighted by Gasteiger charge is -2.36. The van der Waals surface area contributed by atoms with E-state index in [1.54, 1.807) is 0 Å². The van der Waals surface area contributed by atoms with Crippen molar-refractivity contribution in [2.45, 2.75) is 270 Å². The van der Waals surface area contributed by atoms with Gasteiger partial charge in [-0.1, -0.05) is 139 Å². The molecule has 5 saturated heterocycles. The van der Waals surface area contributed by atoms with Crippen molar-refractivity contribution >= 4 is 0 Å². The smallest absolute Gasteiger partial charge is 0.0113 e. The minimum atomic E-state index is 0.731. The highest BCUT2D eigenvalue weighted by molar-refractivity contribution is 4.76. The molecule has 408 valence electrons. The van der Waals surface area contributed by atoms with Gasteiger partial charge in [0.25, 0.3) is 0 Å². The van der Waals surface area contributed by atoms with Crippen molar-refractivity contribution in [2.24, 2.45) is 41.4 Å². The summed E-state index contributed by atoms with van der Waals surface area (Å²) in [7, 11) is 0. The Balaban J connectivity index is 0.000000397. The standard InChI is InChI=1S/C10H21N.C9H20N2.C9H19N.2C9H18.2C8H17N/c1-4-11-7-5-10(6-8-11)9(2)3;1-4-10-5-7-11(8-6-10)9(2)3;1-8(2)10-6-4-9(3)5-7-10;4*1-8(2)9-6-4-3-5-7-9/h9-10H,4-8H2,1-3H3;9H,4-8H2,1-3H3;8-9H,4-7H2,1-3H3;2*8-9H,3-7H2,1-2H3;2*8H,3-7H2,1-2H3. The van der Waals surface area contributed by atoms with Crippen LogP contribution in [0.15, 0.2) is 0 Å².